The summed E-state index contributed by atoms with van der Waals surface area (Å²) in [5.74, 6) is 0.619. The molecule has 0 saturated carbocycles. The van der Waals surface area contributed by atoms with Crippen molar-refractivity contribution in [2.75, 3.05) is 19.5 Å². The lowest BCUT2D eigenvalue weighted by atomic mass is 10.1. The molecule has 100 valence electrons. The van der Waals surface area contributed by atoms with Crippen LogP contribution in [0.2, 0.25) is 0 Å². The zero-order valence-electron chi connectivity index (χ0n) is 11.2. The lowest BCUT2D eigenvalue weighted by molar-refractivity contribution is 0.0433. The Bertz CT molecular complexity index is 400. The zero-order valence-corrected chi connectivity index (χ0v) is 11.2. The average Bonchev–Trinajstić information content (AvgIpc) is 2.38. The molecular formula is C14H21NO3. The van der Waals surface area contributed by atoms with Crippen LogP contribution in [0.25, 0.3) is 0 Å². The number of nitrogen functional groups attached to an aromatic ring is 1. The molecule has 2 N–H and O–H groups in total. The Morgan fingerprint density at radius 3 is 2.50 bits per heavy atom. The fourth-order valence-corrected chi connectivity index (χ4v) is 1.66. The van der Waals surface area contributed by atoms with Crippen molar-refractivity contribution in [3.05, 3.63) is 23.8 Å². The van der Waals surface area contributed by atoms with Crippen molar-refractivity contribution in [1.29, 1.82) is 0 Å². The highest BCUT2D eigenvalue weighted by Gasteiger charge is 2.12. The number of ether oxygens (including phenoxy) is 2. The predicted molar refractivity (Wildman–Crippen MR) is 71.8 cm³/mol. The SMILES string of the molecule is CCC(CC)COC(=O)c1cc(N)cc(OC)c1. The second kappa shape index (κ2) is 6.89. The average molecular weight is 251 g/mol. The molecule has 0 spiro atoms. The van der Waals surface area contributed by atoms with Crippen LogP contribution in [0, 0.1) is 5.92 Å². The molecule has 0 amide bonds. The second-order valence-electron chi connectivity index (χ2n) is 4.28. The number of hydrogen-bond donors (Lipinski definition) is 1. The molecule has 4 nitrogen and oxygen atoms in total. The molecule has 0 aliphatic carbocycles. The number of carbonyl (C=O) groups excluding carboxylic acids is 1. The van der Waals surface area contributed by atoms with E-state index >= 15 is 0 Å². The van der Waals surface area contributed by atoms with E-state index in [-0.39, 0.29) is 5.97 Å². The molecule has 1 aromatic rings. The number of anilines is 1. The summed E-state index contributed by atoms with van der Waals surface area (Å²) >= 11 is 0. The van der Waals surface area contributed by atoms with E-state index in [9.17, 15) is 4.79 Å². The van der Waals surface area contributed by atoms with Gasteiger partial charge in [-0.1, -0.05) is 26.7 Å². The first kappa shape index (κ1) is 14.4. The van der Waals surface area contributed by atoms with Crippen LogP contribution in [0.1, 0.15) is 37.0 Å². The predicted octanol–water partition coefficient (Wildman–Crippen LogP) is 2.87. The number of methoxy groups -OCH3 is 1. The Balaban J connectivity index is 2.69. The number of carbonyl (C=O) groups is 1. The molecule has 18 heavy (non-hydrogen) atoms. The van der Waals surface area contributed by atoms with Gasteiger partial charge >= 0.3 is 5.97 Å². The molecule has 0 fully saturated rings. The Hall–Kier alpha value is -1.71. The molecule has 1 rings (SSSR count). The van der Waals surface area contributed by atoms with Crippen molar-refractivity contribution in [3.63, 3.8) is 0 Å². The highest BCUT2D eigenvalue weighted by molar-refractivity contribution is 5.91. The largest absolute Gasteiger partial charge is 0.497 e. The minimum Gasteiger partial charge on any atom is -0.497 e. The van der Waals surface area contributed by atoms with Crippen LogP contribution < -0.4 is 10.5 Å². The summed E-state index contributed by atoms with van der Waals surface area (Å²) in [6.45, 7) is 4.63. The minimum atomic E-state index is -0.354. The van der Waals surface area contributed by atoms with E-state index in [0.29, 0.717) is 29.5 Å². The van der Waals surface area contributed by atoms with Gasteiger partial charge in [-0.15, -0.1) is 0 Å². The normalized spacial score (nSPS) is 10.4. The Morgan fingerprint density at radius 2 is 1.94 bits per heavy atom. The number of hydrogen-bond acceptors (Lipinski definition) is 4. The van der Waals surface area contributed by atoms with Gasteiger partial charge in [-0.3, -0.25) is 0 Å². The van der Waals surface area contributed by atoms with E-state index in [4.69, 9.17) is 15.2 Å². The molecule has 0 aromatic heterocycles. The lowest BCUT2D eigenvalue weighted by Crippen LogP contribution is -2.13. The van der Waals surface area contributed by atoms with E-state index in [1.165, 1.54) is 7.11 Å². The van der Waals surface area contributed by atoms with Gasteiger partial charge in [-0.05, 0) is 18.1 Å². The molecule has 0 aliphatic heterocycles. The summed E-state index contributed by atoms with van der Waals surface area (Å²) in [6, 6.07) is 4.89. The summed E-state index contributed by atoms with van der Waals surface area (Å²) < 4.78 is 10.3. The summed E-state index contributed by atoms with van der Waals surface area (Å²) in [5, 5.41) is 0. The van der Waals surface area contributed by atoms with E-state index in [1.54, 1.807) is 18.2 Å². The molecule has 4 heteroatoms. The highest BCUT2D eigenvalue weighted by atomic mass is 16.5. The molecule has 0 radical (unpaired) electrons. The van der Waals surface area contributed by atoms with Gasteiger partial charge in [0.25, 0.3) is 0 Å². The van der Waals surface area contributed by atoms with Crippen LogP contribution in [0.15, 0.2) is 18.2 Å². The molecule has 0 heterocycles. The number of nitrogens with two attached hydrogens (primary N) is 1. The number of esters is 1. The van der Waals surface area contributed by atoms with Gasteiger partial charge in [0.1, 0.15) is 5.75 Å². The summed E-state index contributed by atoms with van der Waals surface area (Å²) in [5.41, 5.74) is 6.61. The van der Waals surface area contributed by atoms with E-state index in [1.807, 2.05) is 0 Å². The first-order valence-corrected chi connectivity index (χ1v) is 6.22. The van der Waals surface area contributed by atoms with Crippen molar-refractivity contribution < 1.29 is 14.3 Å². The summed E-state index contributed by atoms with van der Waals surface area (Å²) in [4.78, 5) is 11.9. The molecule has 0 atom stereocenters. The Labute approximate surface area is 108 Å². The van der Waals surface area contributed by atoms with Gasteiger partial charge in [0.2, 0.25) is 0 Å². The zero-order chi connectivity index (χ0) is 13.5. The van der Waals surface area contributed by atoms with Crippen molar-refractivity contribution in [1.82, 2.24) is 0 Å². The second-order valence-corrected chi connectivity index (χ2v) is 4.28. The maximum absolute atomic E-state index is 11.9. The third-order valence-corrected chi connectivity index (χ3v) is 3.01. The van der Waals surface area contributed by atoms with Crippen molar-refractivity contribution in [3.8, 4) is 5.75 Å². The third kappa shape index (κ3) is 3.95. The van der Waals surface area contributed by atoms with Gasteiger partial charge in [0.15, 0.2) is 0 Å². The number of benzene rings is 1. The first-order chi connectivity index (χ1) is 8.60. The monoisotopic (exact) mass is 251 g/mol. The standard InChI is InChI=1S/C14H21NO3/c1-4-10(5-2)9-18-14(16)11-6-12(15)8-13(7-11)17-3/h6-8,10H,4-5,9,15H2,1-3H3. The van der Waals surface area contributed by atoms with E-state index < -0.39 is 0 Å². The fourth-order valence-electron chi connectivity index (χ4n) is 1.66. The van der Waals surface area contributed by atoms with Crippen molar-refractivity contribution in [2.24, 2.45) is 5.92 Å². The third-order valence-electron chi connectivity index (χ3n) is 3.01. The molecule has 1 aromatic carbocycles. The fraction of sp³-hybridized carbons (Fsp3) is 0.500. The quantitative estimate of drug-likeness (QED) is 0.623. The topological polar surface area (TPSA) is 61.5 Å². The maximum Gasteiger partial charge on any atom is 0.338 e. The Morgan fingerprint density at radius 1 is 1.28 bits per heavy atom. The summed E-state index contributed by atoms with van der Waals surface area (Å²) in [7, 11) is 1.54. The van der Waals surface area contributed by atoms with Crippen LogP contribution in [0.5, 0.6) is 5.75 Å². The van der Waals surface area contributed by atoms with Gasteiger partial charge in [-0.25, -0.2) is 4.79 Å². The first-order valence-electron chi connectivity index (χ1n) is 6.22. The van der Waals surface area contributed by atoms with Crippen LogP contribution in [0.3, 0.4) is 0 Å². The van der Waals surface area contributed by atoms with Crippen LogP contribution in [-0.2, 0) is 4.74 Å². The van der Waals surface area contributed by atoms with Gasteiger partial charge < -0.3 is 15.2 Å². The van der Waals surface area contributed by atoms with Gasteiger partial charge in [0, 0.05) is 11.8 Å². The van der Waals surface area contributed by atoms with Gasteiger partial charge in [-0.2, -0.15) is 0 Å². The summed E-state index contributed by atoms with van der Waals surface area (Å²) in [6.07, 6.45) is 2.01. The smallest absolute Gasteiger partial charge is 0.338 e. The minimum absolute atomic E-state index is 0.354. The maximum atomic E-state index is 11.9. The van der Waals surface area contributed by atoms with E-state index in [2.05, 4.69) is 13.8 Å². The molecular weight excluding hydrogens is 230 g/mol. The Kier molecular flexibility index (Phi) is 5.49. The van der Waals surface area contributed by atoms with Crippen LogP contribution in [-0.4, -0.2) is 19.7 Å². The van der Waals surface area contributed by atoms with Gasteiger partial charge in [0.05, 0.1) is 19.3 Å². The van der Waals surface area contributed by atoms with Crippen LogP contribution in [0.4, 0.5) is 5.69 Å². The molecule has 0 saturated heterocycles. The molecule has 0 aliphatic rings. The van der Waals surface area contributed by atoms with Crippen molar-refractivity contribution >= 4 is 11.7 Å². The lowest BCUT2D eigenvalue weighted by Gasteiger charge is -2.13. The van der Waals surface area contributed by atoms with Crippen LogP contribution >= 0.6 is 0 Å². The molecule has 0 unspecified atom stereocenters. The number of rotatable bonds is 6. The van der Waals surface area contributed by atoms with Crippen molar-refractivity contribution in [2.45, 2.75) is 26.7 Å². The highest BCUT2D eigenvalue weighted by Crippen LogP contribution is 2.19. The van der Waals surface area contributed by atoms with E-state index in [0.717, 1.165) is 12.8 Å². The molecule has 0 bridgehead atoms.